The lowest BCUT2D eigenvalue weighted by Crippen LogP contribution is -2.25. The lowest BCUT2D eigenvalue weighted by atomic mass is 10.1. The van der Waals surface area contributed by atoms with Crippen LogP contribution in [-0.2, 0) is 4.79 Å². The molecular formula is C20H17N3O3S. The Kier molecular flexibility index (Phi) is 6.13. The van der Waals surface area contributed by atoms with Gasteiger partial charge in [0.2, 0.25) is 5.91 Å². The fraction of sp³-hybridized carbons (Fsp3) is 0.150. The van der Waals surface area contributed by atoms with Crippen LogP contribution in [0, 0.1) is 11.8 Å². The first-order chi connectivity index (χ1) is 13.2. The molecule has 0 saturated heterocycles. The van der Waals surface area contributed by atoms with E-state index in [9.17, 15) is 9.59 Å². The quantitative estimate of drug-likeness (QED) is 0.525. The van der Waals surface area contributed by atoms with Crippen molar-refractivity contribution in [2.45, 2.75) is 5.22 Å². The molecule has 0 fully saturated rings. The van der Waals surface area contributed by atoms with Gasteiger partial charge in [-0.3, -0.25) is 9.59 Å². The molecule has 0 aliphatic rings. The number of benzene rings is 2. The van der Waals surface area contributed by atoms with Crippen molar-refractivity contribution >= 4 is 34.7 Å². The molecule has 0 aliphatic carbocycles. The number of hydrogen-bond donors (Lipinski definition) is 2. The van der Waals surface area contributed by atoms with Crippen LogP contribution >= 0.6 is 11.8 Å². The standard InChI is InChI=1S/C20H17N3O3S/c1-21-19(25)15-9-3-2-7-14(15)8-6-12-22-18(24)13-27-20-23-16-10-4-5-11-17(16)26-20/h2-5,7,9-11H,12-13H2,1H3,(H,21,25)(H,22,24). The Hall–Kier alpha value is -3.24. The van der Waals surface area contributed by atoms with Gasteiger partial charge in [0.25, 0.3) is 11.1 Å². The molecule has 0 aliphatic heterocycles. The average molecular weight is 379 g/mol. The van der Waals surface area contributed by atoms with E-state index in [-0.39, 0.29) is 24.1 Å². The minimum absolute atomic E-state index is 0.170. The number of nitrogens with zero attached hydrogens (tertiary/aromatic N) is 1. The minimum Gasteiger partial charge on any atom is -0.431 e. The number of carbonyl (C=O) groups excluding carboxylic acids is 2. The molecule has 6 nitrogen and oxygen atoms in total. The summed E-state index contributed by atoms with van der Waals surface area (Å²) in [6, 6.07) is 14.5. The van der Waals surface area contributed by atoms with E-state index in [1.165, 1.54) is 11.8 Å². The second-order valence-corrected chi connectivity index (χ2v) is 6.37. The third-order valence-electron chi connectivity index (χ3n) is 3.60. The van der Waals surface area contributed by atoms with E-state index < -0.39 is 0 Å². The summed E-state index contributed by atoms with van der Waals surface area (Å²) in [7, 11) is 1.57. The molecule has 0 atom stereocenters. The number of oxazole rings is 1. The van der Waals surface area contributed by atoms with Crippen molar-refractivity contribution in [1.82, 2.24) is 15.6 Å². The van der Waals surface area contributed by atoms with Gasteiger partial charge in [0, 0.05) is 12.6 Å². The smallest absolute Gasteiger partial charge is 0.257 e. The Morgan fingerprint density at radius 3 is 2.74 bits per heavy atom. The van der Waals surface area contributed by atoms with Crippen molar-refractivity contribution in [1.29, 1.82) is 0 Å². The zero-order valence-electron chi connectivity index (χ0n) is 14.6. The summed E-state index contributed by atoms with van der Waals surface area (Å²) >= 11 is 1.23. The second-order valence-electron chi connectivity index (χ2n) is 5.44. The Morgan fingerprint density at radius 1 is 1.15 bits per heavy atom. The van der Waals surface area contributed by atoms with E-state index in [1.54, 1.807) is 25.2 Å². The molecule has 1 heterocycles. The Morgan fingerprint density at radius 2 is 1.93 bits per heavy atom. The fourth-order valence-electron chi connectivity index (χ4n) is 2.30. The van der Waals surface area contributed by atoms with Crippen molar-refractivity contribution in [3.05, 3.63) is 59.7 Å². The van der Waals surface area contributed by atoms with Crippen LogP contribution in [0.3, 0.4) is 0 Å². The predicted octanol–water partition coefficient (Wildman–Crippen LogP) is 2.45. The van der Waals surface area contributed by atoms with E-state index in [2.05, 4.69) is 27.5 Å². The maximum atomic E-state index is 11.9. The maximum Gasteiger partial charge on any atom is 0.257 e. The Labute approximate surface area is 160 Å². The maximum absolute atomic E-state index is 11.9. The van der Waals surface area contributed by atoms with Crippen molar-refractivity contribution < 1.29 is 14.0 Å². The minimum atomic E-state index is -0.196. The number of rotatable bonds is 5. The highest BCUT2D eigenvalue weighted by molar-refractivity contribution is 7.99. The molecule has 0 spiro atoms. The molecule has 0 saturated carbocycles. The third-order valence-corrected chi connectivity index (χ3v) is 4.42. The number of carbonyl (C=O) groups is 2. The fourth-order valence-corrected chi connectivity index (χ4v) is 2.97. The highest BCUT2D eigenvalue weighted by Crippen LogP contribution is 2.22. The molecule has 0 unspecified atom stereocenters. The lowest BCUT2D eigenvalue weighted by Gasteiger charge is -2.02. The topological polar surface area (TPSA) is 84.2 Å². The predicted molar refractivity (Wildman–Crippen MR) is 104 cm³/mol. The van der Waals surface area contributed by atoms with Gasteiger partial charge >= 0.3 is 0 Å². The number of fused-ring (bicyclic) bond motifs is 1. The van der Waals surface area contributed by atoms with Gasteiger partial charge in [-0.15, -0.1) is 0 Å². The van der Waals surface area contributed by atoms with Crippen LogP contribution in [0.4, 0.5) is 0 Å². The van der Waals surface area contributed by atoms with Crippen LogP contribution in [0.15, 0.2) is 58.2 Å². The van der Waals surface area contributed by atoms with Gasteiger partial charge in [-0.25, -0.2) is 4.98 Å². The average Bonchev–Trinajstić information content (AvgIpc) is 3.12. The van der Waals surface area contributed by atoms with E-state index in [0.29, 0.717) is 21.9 Å². The lowest BCUT2D eigenvalue weighted by molar-refractivity contribution is -0.118. The van der Waals surface area contributed by atoms with Crippen molar-refractivity contribution in [3.63, 3.8) is 0 Å². The summed E-state index contributed by atoms with van der Waals surface area (Å²) < 4.78 is 5.55. The molecule has 2 amide bonds. The van der Waals surface area contributed by atoms with Gasteiger partial charge in [-0.1, -0.05) is 47.9 Å². The van der Waals surface area contributed by atoms with Crippen LogP contribution in [0.5, 0.6) is 0 Å². The van der Waals surface area contributed by atoms with Crippen LogP contribution in [0.25, 0.3) is 11.1 Å². The molecule has 7 heteroatoms. The van der Waals surface area contributed by atoms with E-state index in [0.717, 1.165) is 5.52 Å². The van der Waals surface area contributed by atoms with Crippen LogP contribution in [-0.4, -0.2) is 36.1 Å². The van der Waals surface area contributed by atoms with Gasteiger partial charge in [-0.2, -0.15) is 0 Å². The first-order valence-corrected chi connectivity index (χ1v) is 9.21. The molecule has 3 rings (SSSR count). The molecule has 3 aromatic rings. The van der Waals surface area contributed by atoms with E-state index >= 15 is 0 Å². The molecule has 2 N–H and O–H groups in total. The number of thioether (sulfide) groups is 1. The zero-order valence-corrected chi connectivity index (χ0v) is 15.4. The van der Waals surface area contributed by atoms with Gasteiger partial charge in [0.1, 0.15) is 5.52 Å². The molecule has 27 heavy (non-hydrogen) atoms. The summed E-state index contributed by atoms with van der Waals surface area (Å²) in [6.45, 7) is 0.190. The Balaban J connectivity index is 1.50. The van der Waals surface area contributed by atoms with E-state index in [1.807, 2.05) is 30.3 Å². The summed E-state index contributed by atoms with van der Waals surface area (Å²) in [6.07, 6.45) is 0. The summed E-state index contributed by atoms with van der Waals surface area (Å²) in [5.74, 6) is 5.59. The number of amides is 2. The van der Waals surface area contributed by atoms with Crippen LogP contribution in [0.1, 0.15) is 15.9 Å². The Bertz CT molecular complexity index is 1000. The highest BCUT2D eigenvalue weighted by atomic mass is 32.2. The highest BCUT2D eigenvalue weighted by Gasteiger charge is 2.09. The van der Waals surface area contributed by atoms with Gasteiger partial charge in [0.15, 0.2) is 5.58 Å². The largest absolute Gasteiger partial charge is 0.431 e. The normalized spacial score (nSPS) is 10.1. The molecule has 0 bridgehead atoms. The SMILES string of the molecule is CNC(=O)c1ccccc1C#CCNC(=O)CSc1nc2ccccc2o1. The number of para-hydroxylation sites is 2. The monoisotopic (exact) mass is 379 g/mol. The molecule has 1 aromatic heterocycles. The summed E-state index contributed by atoms with van der Waals surface area (Å²) in [5.41, 5.74) is 2.58. The van der Waals surface area contributed by atoms with Crippen LogP contribution < -0.4 is 10.6 Å². The van der Waals surface area contributed by atoms with E-state index in [4.69, 9.17) is 4.42 Å². The molecule has 0 radical (unpaired) electrons. The first kappa shape index (κ1) is 18.5. The third kappa shape index (κ3) is 4.90. The van der Waals surface area contributed by atoms with Gasteiger partial charge in [0.05, 0.1) is 17.9 Å². The van der Waals surface area contributed by atoms with Gasteiger partial charge < -0.3 is 15.1 Å². The molecule has 136 valence electrons. The van der Waals surface area contributed by atoms with Gasteiger partial charge in [-0.05, 0) is 24.3 Å². The first-order valence-electron chi connectivity index (χ1n) is 8.22. The van der Waals surface area contributed by atoms with Crippen molar-refractivity contribution in [2.24, 2.45) is 0 Å². The van der Waals surface area contributed by atoms with Crippen molar-refractivity contribution in [3.8, 4) is 11.8 Å². The number of aromatic nitrogens is 1. The summed E-state index contributed by atoms with van der Waals surface area (Å²) in [5, 5.41) is 5.75. The summed E-state index contributed by atoms with van der Waals surface area (Å²) in [4.78, 5) is 28.0. The van der Waals surface area contributed by atoms with Crippen molar-refractivity contribution in [2.75, 3.05) is 19.3 Å². The number of hydrogen-bond acceptors (Lipinski definition) is 5. The number of nitrogens with one attached hydrogen (secondary N) is 2. The zero-order chi connectivity index (χ0) is 19.1. The molecular weight excluding hydrogens is 362 g/mol. The molecule has 2 aromatic carbocycles. The van der Waals surface area contributed by atoms with Crippen LogP contribution in [0.2, 0.25) is 0 Å². The second kappa shape index (κ2) is 8.92.